The monoisotopic (exact) mass is 400 g/mol. The van der Waals surface area contributed by atoms with Crippen LogP contribution in [0.3, 0.4) is 0 Å². The van der Waals surface area contributed by atoms with Gasteiger partial charge in [0.1, 0.15) is 11.5 Å². The summed E-state index contributed by atoms with van der Waals surface area (Å²) in [4.78, 5) is 26.6. The highest BCUT2D eigenvalue weighted by molar-refractivity contribution is 8.18. The van der Waals surface area contributed by atoms with Crippen LogP contribution in [0, 0.1) is 18.3 Å². The number of rotatable bonds is 4. The Morgan fingerprint density at radius 1 is 1.10 bits per heavy atom. The number of furan rings is 1. The average Bonchev–Trinajstić information content (AvgIpc) is 3.28. The predicted molar refractivity (Wildman–Crippen MR) is 112 cm³/mol. The van der Waals surface area contributed by atoms with E-state index in [-0.39, 0.29) is 17.7 Å². The Hall–Kier alpha value is -3.56. The highest BCUT2D eigenvalue weighted by Crippen LogP contribution is 2.34. The molecule has 1 aliphatic rings. The van der Waals surface area contributed by atoms with Crippen molar-refractivity contribution in [3.63, 3.8) is 0 Å². The van der Waals surface area contributed by atoms with Crippen molar-refractivity contribution in [1.82, 2.24) is 4.90 Å². The fourth-order valence-electron chi connectivity index (χ4n) is 3.13. The zero-order valence-electron chi connectivity index (χ0n) is 15.6. The first-order valence-corrected chi connectivity index (χ1v) is 9.77. The second-order valence-electron chi connectivity index (χ2n) is 6.62. The summed E-state index contributed by atoms with van der Waals surface area (Å²) in [6.07, 6.45) is 1.57. The minimum atomic E-state index is -0.336. The van der Waals surface area contributed by atoms with Crippen molar-refractivity contribution in [2.24, 2.45) is 0 Å². The molecule has 0 bridgehead atoms. The van der Waals surface area contributed by atoms with Gasteiger partial charge in [-0.1, -0.05) is 42.0 Å². The fourth-order valence-corrected chi connectivity index (χ4v) is 3.95. The molecular weight excluding hydrogens is 384 g/mol. The third kappa shape index (κ3) is 3.86. The highest BCUT2D eigenvalue weighted by atomic mass is 32.2. The van der Waals surface area contributed by atoms with Crippen LogP contribution in [0.4, 0.5) is 4.79 Å². The number of carbonyl (C=O) groups is 2. The summed E-state index contributed by atoms with van der Waals surface area (Å²) in [6.45, 7) is 2.21. The summed E-state index contributed by atoms with van der Waals surface area (Å²) < 4.78 is 5.80. The maximum absolute atomic E-state index is 12.7. The first-order chi connectivity index (χ1) is 14.0. The Labute approximate surface area is 172 Å². The van der Waals surface area contributed by atoms with Crippen molar-refractivity contribution >= 4 is 29.0 Å². The van der Waals surface area contributed by atoms with Crippen molar-refractivity contribution in [2.75, 3.05) is 0 Å². The van der Waals surface area contributed by atoms with Gasteiger partial charge in [-0.2, -0.15) is 5.26 Å². The van der Waals surface area contributed by atoms with Crippen molar-refractivity contribution in [3.8, 4) is 17.4 Å². The van der Waals surface area contributed by atoms with Gasteiger partial charge in [0.25, 0.3) is 11.1 Å². The quantitative estimate of drug-likeness (QED) is 0.551. The Balaban J connectivity index is 1.57. The molecule has 0 radical (unpaired) electrons. The first kappa shape index (κ1) is 18.8. The van der Waals surface area contributed by atoms with E-state index >= 15 is 0 Å². The first-order valence-electron chi connectivity index (χ1n) is 8.95. The van der Waals surface area contributed by atoms with Crippen LogP contribution in [0.2, 0.25) is 0 Å². The molecule has 29 heavy (non-hydrogen) atoms. The van der Waals surface area contributed by atoms with Gasteiger partial charge in [0, 0.05) is 11.6 Å². The number of hydrogen-bond acceptors (Lipinski definition) is 5. The lowest BCUT2D eigenvalue weighted by atomic mass is 10.1. The summed E-state index contributed by atoms with van der Waals surface area (Å²) in [7, 11) is 0. The largest absolute Gasteiger partial charge is 0.457 e. The van der Waals surface area contributed by atoms with Gasteiger partial charge in [-0.25, -0.2) is 0 Å². The molecule has 0 aliphatic carbocycles. The molecule has 0 saturated carbocycles. The smallest absolute Gasteiger partial charge is 0.293 e. The molecule has 2 aromatic carbocycles. The van der Waals surface area contributed by atoms with Crippen LogP contribution < -0.4 is 0 Å². The third-order valence-corrected chi connectivity index (χ3v) is 5.42. The van der Waals surface area contributed by atoms with E-state index in [9.17, 15) is 14.9 Å². The average molecular weight is 400 g/mol. The van der Waals surface area contributed by atoms with E-state index in [0.29, 0.717) is 27.6 Å². The topological polar surface area (TPSA) is 74.3 Å². The maximum Gasteiger partial charge on any atom is 0.293 e. The van der Waals surface area contributed by atoms with Gasteiger partial charge in [-0.05, 0) is 48.5 Å². The van der Waals surface area contributed by atoms with Gasteiger partial charge in [-0.15, -0.1) is 0 Å². The third-order valence-electron chi connectivity index (χ3n) is 4.51. The van der Waals surface area contributed by atoms with Gasteiger partial charge in [0.15, 0.2) is 0 Å². The minimum Gasteiger partial charge on any atom is -0.457 e. The zero-order valence-corrected chi connectivity index (χ0v) is 16.4. The lowest BCUT2D eigenvalue weighted by Crippen LogP contribution is -2.27. The highest BCUT2D eigenvalue weighted by Gasteiger charge is 2.35. The molecule has 0 atom stereocenters. The summed E-state index contributed by atoms with van der Waals surface area (Å²) in [5.74, 6) is 0.651. The molecule has 4 rings (SSSR count). The van der Waals surface area contributed by atoms with Crippen LogP contribution in [0.5, 0.6) is 0 Å². The van der Waals surface area contributed by atoms with Crippen molar-refractivity contribution in [1.29, 1.82) is 5.26 Å². The Morgan fingerprint density at radius 2 is 1.93 bits per heavy atom. The molecule has 0 unspecified atom stereocenters. The number of carbonyl (C=O) groups excluding carboxylic acids is 2. The number of hydrogen-bond donors (Lipinski definition) is 0. The van der Waals surface area contributed by atoms with Gasteiger partial charge in [-0.3, -0.25) is 14.5 Å². The minimum absolute atomic E-state index is 0.239. The van der Waals surface area contributed by atoms with E-state index in [2.05, 4.69) is 6.07 Å². The molecule has 1 fully saturated rings. The second kappa shape index (κ2) is 7.82. The molecule has 0 N–H and O–H groups in total. The summed E-state index contributed by atoms with van der Waals surface area (Å²) in [5.41, 5.74) is 3.17. The molecule has 1 aromatic heterocycles. The molecule has 2 amide bonds. The normalized spacial score (nSPS) is 15.2. The van der Waals surface area contributed by atoms with E-state index in [1.165, 1.54) is 4.90 Å². The van der Waals surface area contributed by atoms with Crippen LogP contribution >= 0.6 is 11.8 Å². The van der Waals surface area contributed by atoms with E-state index < -0.39 is 0 Å². The standard InChI is InChI=1S/C23H16N2O3S/c1-15-5-4-6-16(11-15)14-25-22(26)21(29-23(25)27)12-18-9-10-20(28-18)19-8-3-2-7-17(19)13-24/h2-12H,14H2,1H3/b21-12-. The molecular formula is C23H16N2O3S. The molecule has 6 heteroatoms. The number of amides is 2. The molecule has 5 nitrogen and oxygen atoms in total. The van der Waals surface area contributed by atoms with Crippen LogP contribution in [-0.2, 0) is 11.3 Å². The van der Waals surface area contributed by atoms with Crippen molar-refractivity contribution < 1.29 is 14.0 Å². The maximum atomic E-state index is 12.7. The van der Waals surface area contributed by atoms with Crippen molar-refractivity contribution in [2.45, 2.75) is 13.5 Å². The summed E-state index contributed by atoms with van der Waals surface area (Å²) >= 11 is 0.899. The van der Waals surface area contributed by atoms with E-state index in [0.717, 1.165) is 22.9 Å². The van der Waals surface area contributed by atoms with Gasteiger partial charge < -0.3 is 4.42 Å². The van der Waals surface area contributed by atoms with Crippen LogP contribution in [0.25, 0.3) is 17.4 Å². The summed E-state index contributed by atoms with van der Waals surface area (Å²) in [5, 5.41) is 8.95. The number of nitrogens with zero attached hydrogens (tertiary/aromatic N) is 2. The molecule has 142 valence electrons. The van der Waals surface area contributed by atoms with Crippen LogP contribution in [0.1, 0.15) is 22.5 Å². The number of imide groups is 1. The molecule has 1 saturated heterocycles. The number of thioether (sulfide) groups is 1. The Morgan fingerprint density at radius 3 is 2.72 bits per heavy atom. The Bertz CT molecular complexity index is 1190. The van der Waals surface area contributed by atoms with Gasteiger partial charge in [0.05, 0.1) is 23.1 Å². The molecule has 1 aliphatic heterocycles. The summed E-state index contributed by atoms with van der Waals surface area (Å²) in [6, 6.07) is 20.5. The number of aryl methyl sites for hydroxylation is 1. The fraction of sp³-hybridized carbons (Fsp3) is 0.0870. The predicted octanol–water partition coefficient (Wildman–Crippen LogP) is 5.36. The number of nitriles is 1. The van der Waals surface area contributed by atoms with E-state index in [1.54, 1.807) is 36.4 Å². The Kier molecular flexibility index (Phi) is 5.07. The van der Waals surface area contributed by atoms with Crippen molar-refractivity contribution in [3.05, 3.63) is 88.0 Å². The lowest BCUT2D eigenvalue weighted by molar-refractivity contribution is -0.123. The van der Waals surface area contributed by atoms with Gasteiger partial charge >= 0.3 is 0 Å². The SMILES string of the molecule is Cc1cccc(CN2C(=O)S/C(=C\c3ccc(-c4ccccc4C#N)o3)C2=O)c1. The van der Waals surface area contributed by atoms with E-state index in [1.807, 2.05) is 37.3 Å². The number of benzene rings is 2. The van der Waals surface area contributed by atoms with Gasteiger partial charge in [0.2, 0.25) is 0 Å². The zero-order chi connectivity index (χ0) is 20.4. The molecule has 3 aromatic rings. The van der Waals surface area contributed by atoms with Crippen LogP contribution in [-0.4, -0.2) is 16.0 Å². The molecule has 0 spiro atoms. The molecule has 2 heterocycles. The lowest BCUT2D eigenvalue weighted by Gasteiger charge is -2.12. The van der Waals surface area contributed by atoms with Crippen LogP contribution in [0.15, 0.2) is 70.0 Å². The second-order valence-corrected chi connectivity index (χ2v) is 7.61. The van der Waals surface area contributed by atoms with E-state index in [4.69, 9.17) is 4.42 Å².